The zero-order chi connectivity index (χ0) is 16.1. The van der Waals surface area contributed by atoms with Gasteiger partial charge in [-0.05, 0) is 35.4 Å². The summed E-state index contributed by atoms with van der Waals surface area (Å²) in [5.41, 5.74) is 1.99. The minimum absolute atomic E-state index is 0.0313. The smallest absolute Gasteiger partial charge is 0.241 e. The Hall–Kier alpha value is -2.65. The van der Waals surface area contributed by atoms with Crippen LogP contribution in [0.15, 0.2) is 72.8 Å². The zero-order valence-electron chi connectivity index (χ0n) is 13.1. The van der Waals surface area contributed by atoms with Crippen molar-refractivity contribution < 1.29 is 4.79 Å². The second-order valence-electron chi connectivity index (χ2n) is 5.64. The molecule has 0 aromatic heterocycles. The molecule has 0 spiro atoms. The number of fused-ring (bicyclic) bond motifs is 1. The number of carbonyl (C=O) groups excluding carboxylic acids is 1. The van der Waals surface area contributed by atoms with Crippen molar-refractivity contribution in [3.05, 3.63) is 78.4 Å². The molecular formula is C20H20N2O. The van der Waals surface area contributed by atoms with Crippen molar-refractivity contribution in [1.82, 2.24) is 5.32 Å². The molecule has 1 amide bonds. The number of hydrogen-bond acceptors (Lipinski definition) is 2. The summed E-state index contributed by atoms with van der Waals surface area (Å²) in [4.78, 5) is 12.3. The molecule has 23 heavy (non-hydrogen) atoms. The van der Waals surface area contributed by atoms with E-state index < -0.39 is 0 Å². The van der Waals surface area contributed by atoms with Gasteiger partial charge in [-0.1, -0.05) is 60.7 Å². The van der Waals surface area contributed by atoms with Crippen molar-refractivity contribution in [1.29, 1.82) is 0 Å². The second-order valence-corrected chi connectivity index (χ2v) is 5.64. The Morgan fingerprint density at radius 3 is 2.39 bits per heavy atom. The van der Waals surface area contributed by atoms with Crippen LogP contribution >= 0.6 is 0 Å². The highest BCUT2D eigenvalue weighted by atomic mass is 16.2. The lowest BCUT2D eigenvalue weighted by Gasteiger charge is -2.14. The number of rotatable bonds is 5. The average Bonchev–Trinajstić information content (AvgIpc) is 2.60. The lowest BCUT2D eigenvalue weighted by Crippen LogP contribution is -2.37. The van der Waals surface area contributed by atoms with Gasteiger partial charge in [-0.2, -0.15) is 0 Å². The van der Waals surface area contributed by atoms with Gasteiger partial charge in [0.15, 0.2) is 0 Å². The van der Waals surface area contributed by atoms with E-state index in [2.05, 4.69) is 16.7 Å². The van der Waals surface area contributed by atoms with Gasteiger partial charge in [0.05, 0.1) is 6.04 Å². The molecule has 1 atom stereocenters. The molecule has 0 saturated heterocycles. The predicted octanol–water partition coefficient (Wildman–Crippen LogP) is 3.96. The van der Waals surface area contributed by atoms with Gasteiger partial charge >= 0.3 is 0 Å². The monoisotopic (exact) mass is 304 g/mol. The third kappa shape index (κ3) is 3.96. The molecule has 3 nitrogen and oxygen atoms in total. The van der Waals surface area contributed by atoms with Crippen LogP contribution in [0, 0.1) is 0 Å². The molecule has 116 valence electrons. The first kappa shape index (κ1) is 15.3. The molecule has 2 N–H and O–H groups in total. The normalized spacial score (nSPS) is 12.0. The van der Waals surface area contributed by atoms with Gasteiger partial charge in [0.1, 0.15) is 0 Å². The van der Waals surface area contributed by atoms with Gasteiger partial charge < -0.3 is 10.6 Å². The molecule has 3 heteroatoms. The zero-order valence-corrected chi connectivity index (χ0v) is 13.1. The first-order valence-electron chi connectivity index (χ1n) is 7.79. The largest absolute Gasteiger partial charge is 0.325 e. The third-order valence-electron chi connectivity index (χ3n) is 3.87. The first-order valence-corrected chi connectivity index (χ1v) is 7.79. The lowest BCUT2D eigenvalue weighted by atomic mass is 10.1. The van der Waals surface area contributed by atoms with Crippen LogP contribution in [-0.2, 0) is 11.3 Å². The molecule has 0 heterocycles. The SMILES string of the molecule is CC(NCc1ccccc1)C(=O)Nc1ccc2ccccc2c1. The Kier molecular flexibility index (Phi) is 4.69. The summed E-state index contributed by atoms with van der Waals surface area (Å²) in [6.07, 6.45) is 0. The molecule has 0 aliphatic rings. The quantitative estimate of drug-likeness (QED) is 0.749. The maximum Gasteiger partial charge on any atom is 0.241 e. The van der Waals surface area contributed by atoms with Crippen molar-refractivity contribution in [3.63, 3.8) is 0 Å². The summed E-state index contributed by atoms with van der Waals surface area (Å²) in [5, 5.41) is 8.50. The van der Waals surface area contributed by atoms with Crippen molar-refractivity contribution in [3.8, 4) is 0 Å². The fourth-order valence-corrected chi connectivity index (χ4v) is 2.48. The Morgan fingerprint density at radius 2 is 1.61 bits per heavy atom. The molecule has 0 bridgehead atoms. The molecule has 3 aromatic carbocycles. The summed E-state index contributed by atoms with van der Waals surface area (Å²) in [5.74, 6) is -0.0313. The number of hydrogen-bond donors (Lipinski definition) is 2. The topological polar surface area (TPSA) is 41.1 Å². The summed E-state index contributed by atoms with van der Waals surface area (Å²) >= 11 is 0. The number of amides is 1. The van der Waals surface area contributed by atoms with E-state index in [1.807, 2.05) is 73.7 Å². The van der Waals surface area contributed by atoms with Crippen LogP contribution in [0.1, 0.15) is 12.5 Å². The molecule has 3 aromatic rings. The summed E-state index contributed by atoms with van der Waals surface area (Å²) in [6.45, 7) is 2.55. The summed E-state index contributed by atoms with van der Waals surface area (Å²) in [6, 6.07) is 23.9. The third-order valence-corrected chi connectivity index (χ3v) is 3.87. The van der Waals surface area contributed by atoms with Crippen molar-refractivity contribution in [2.24, 2.45) is 0 Å². The van der Waals surface area contributed by atoms with E-state index in [0.717, 1.165) is 16.6 Å². The van der Waals surface area contributed by atoms with E-state index in [4.69, 9.17) is 0 Å². The standard InChI is InChI=1S/C20H20N2O/c1-15(21-14-16-7-3-2-4-8-16)20(23)22-19-12-11-17-9-5-6-10-18(17)13-19/h2-13,15,21H,14H2,1H3,(H,22,23). The predicted molar refractivity (Wildman–Crippen MR) is 95.3 cm³/mol. The molecule has 0 aliphatic heterocycles. The maximum atomic E-state index is 12.3. The van der Waals surface area contributed by atoms with Crippen molar-refractivity contribution >= 4 is 22.4 Å². The minimum Gasteiger partial charge on any atom is -0.325 e. The highest BCUT2D eigenvalue weighted by Gasteiger charge is 2.12. The van der Waals surface area contributed by atoms with Crippen molar-refractivity contribution in [2.75, 3.05) is 5.32 Å². The number of carbonyl (C=O) groups is 1. The summed E-state index contributed by atoms with van der Waals surface area (Å²) in [7, 11) is 0. The van der Waals surface area contributed by atoms with E-state index in [9.17, 15) is 4.79 Å². The van der Waals surface area contributed by atoms with E-state index >= 15 is 0 Å². The van der Waals surface area contributed by atoms with Crippen LogP contribution in [0.2, 0.25) is 0 Å². The van der Waals surface area contributed by atoms with E-state index in [-0.39, 0.29) is 11.9 Å². The molecule has 0 fully saturated rings. The fourth-order valence-electron chi connectivity index (χ4n) is 2.48. The summed E-state index contributed by atoms with van der Waals surface area (Å²) < 4.78 is 0. The van der Waals surface area contributed by atoms with Crippen LogP contribution < -0.4 is 10.6 Å². The van der Waals surface area contributed by atoms with E-state index in [1.165, 1.54) is 5.39 Å². The Bertz CT molecular complexity index is 799. The van der Waals surface area contributed by atoms with Crippen LogP contribution in [0.4, 0.5) is 5.69 Å². The van der Waals surface area contributed by atoms with Gasteiger partial charge in [-0.3, -0.25) is 4.79 Å². The van der Waals surface area contributed by atoms with Crippen molar-refractivity contribution in [2.45, 2.75) is 19.5 Å². The lowest BCUT2D eigenvalue weighted by molar-refractivity contribution is -0.117. The van der Waals surface area contributed by atoms with Gasteiger partial charge in [-0.15, -0.1) is 0 Å². The Balaban J connectivity index is 1.60. The number of anilines is 1. The molecule has 0 saturated carbocycles. The molecule has 0 radical (unpaired) electrons. The second kappa shape index (κ2) is 7.07. The Labute approximate surface area is 136 Å². The van der Waals surface area contributed by atoms with Gasteiger partial charge in [0, 0.05) is 12.2 Å². The minimum atomic E-state index is -0.262. The maximum absolute atomic E-state index is 12.3. The van der Waals surface area contributed by atoms with Crippen LogP contribution in [0.5, 0.6) is 0 Å². The average molecular weight is 304 g/mol. The first-order chi connectivity index (χ1) is 11.2. The molecule has 1 unspecified atom stereocenters. The Morgan fingerprint density at radius 1 is 0.913 bits per heavy atom. The molecule has 3 rings (SSSR count). The highest BCUT2D eigenvalue weighted by Crippen LogP contribution is 2.18. The van der Waals surface area contributed by atoms with Gasteiger partial charge in [0.2, 0.25) is 5.91 Å². The van der Waals surface area contributed by atoms with E-state index in [1.54, 1.807) is 0 Å². The van der Waals surface area contributed by atoms with E-state index in [0.29, 0.717) is 6.54 Å². The highest BCUT2D eigenvalue weighted by molar-refractivity contribution is 5.97. The number of nitrogens with one attached hydrogen (secondary N) is 2. The fraction of sp³-hybridized carbons (Fsp3) is 0.150. The van der Waals surface area contributed by atoms with Gasteiger partial charge in [-0.25, -0.2) is 0 Å². The van der Waals surface area contributed by atoms with Crippen LogP contribution in [0.3, 0.4) is 0 Å². The number of benzene rings is 3. The molecule has 0 aliphatic carbocycles. The van der Waals surface area contributed by atoms with Crippen LogP contribution in [0.25, 0.3) is 10.8 Å². The van der Waals surface area contributed by atoms with Gasteiger partial charge in [0.25, 0.3) is 0 Å². The van der Waals surface area contributed by atoms with Crippen LogP contribution in [-0.4, -0.2) is 11.9 Å². The molecular weight excluding hydrogens is 284 g/mol.